The molecule has 1 amide bonds. The summed E-state index contributed by atoms with van der Waals surface area (Å²) in [5.41, 5.74) is -0.0369. The van der Waals surface area contributed by atoms with E-state index in [9.17, 15) is 14.9 Å². The Labute approximate surface area is 111 Å². The van der Waals surface area contributed by atoms with Crippen molar-refractivity contribution in [3.05, 3.63) is 39.3 Å². The minimum atomic E-state index is -0.657. The van der Waals surface area contributed by atoms with Crippen LogP contribution in [0.1, 0.15) is 10.5 Å². The van der Waals surface area contributed by atoms with Gasteiger partial charge in [-0.05, 0) is 4.92 Å². The number of carbonyl (C=O) groups excluding carboxylic acids is 1. The summed E-state index contributed by atoms with van der Waals surface area (Å²) in [7, 11) is 0. The Kier molecular flexibility index (Phi) is 3.76. The molecule has 100 valence electrons. The fourth-order valence-electron chi connectivity index (χ4n) is 1.36. The van der Waals surface area contributed by atoms with E-state index in [1.807, 2.05) is 0 Å². The third-order valence-corrected chi connectivity index (χ3v) is 2.42. The molecule has 0 saturated heterocycles. The molecule has 0 bridgehead atoms. The Balaban J connectivity index is 1.85. The number of nitrogens with zero attached hydrogens (tertiary/aromatic N) is 4. The lowest BCUT2D eigenvalue weighted by atomic mass is 10.4. The number of aromatic amines is 1. The molecule has 0 spiro atoms. The highest BCUT2D eigenvalue weighted by atomic mass is 35.5. The number of aromatic nitrogens is 4. The third kappa shape index (κ3) is 3.28. The normalized spacial score (nSPS) is 10.4. The molecular formula is C9H9ClN6O3. The van der Waals surface area contributed by atoms with Crippen LogP contribution in [0.2, 0.25) is 5.02 Å². The van der Waals surface area contributed by atoms with Gasteiger partial charge in [-0.2, -0.15) is 5.10 Å². The lowest BCUT2D eigenvalue weighted by Gasteiger charge is -2.02. The van der Waals surface area contributed by atoms with E-state index < -0.39 is 10.8 Å². The highest BCUT2D eigenvalue weighted by Gasteiger charge is 2.15. The van der Waals surface area contributed by atoms with Crippen molar-refractivity contribution in [2.45, 2.75) is 6.54 Å². The lowest BCUT2D eigenvalue weighted by Crippen LogP contribution is -2.27. The summed E-state index contributed by atoms with van der Waals surface area (Å²) in [6, 6.07) is 1.07. The van der Waals surface area contributed by atoms with Crippen molar-refractivity contribution in [3.8, 4) is 0 Å². The summed E-state index contributed by atoms with van der Waals surface area (Å²) in [5, 5.41) is 23.1. The van der Waals surface area contributed by atoms with Gasteiger partial charge in [0.2, 0.25) is 0 Å². The van der Waals surface area contributed by atoms with Crippen molar-refractivity contribution in [1.82, 2.24) is 25.3 Å². The molecule has 0 fully saturated rings. The molecule has 0 aromatic carbocycles. The van der Waals surface area contributed by atoms with Crippen LogP contribution in [0.15, 0.2) is 18.5 Å². The van der Waals surface area contributed by atoms with Crippen LogP contribution in [0.3, 0.4) is 0 Å². The van der Waals surface area contributed by atoms with Gasteiger partial charge in [0.15, 0.2) is 5.69 Å². The van der Waals surface area contributed by atoms with Gasteiger partial charge in [0.1, 0.15) is 0 Å². The highest BCUT2D eigenvalue weighted by Crippen LogP contribution is 2.07. The first kappa shape index (κ1) is 13.0. The van der Waals surface area contributed by atoms with Crippen molar-refractivity contribution < 1.29 is 9.72 Å². The second-order valence-electron chi connectivity index (χ2n) is 3.57. The van der Waals surface area contributed by atoms with Gasteiger partial charge < -0.3 is 15.4 Å². The average molecular weight is 285 g/mol. The van der Waals surface area contributed by atoms with Gasteiger partial charge in [0.25, 0.3) is 5.91 Å². The molecule has 0 aliphatic rings. The predicted molar refractivity (Wildman–Crippen MR) is 64.8 cm³/mol. The van der Waals surface area contributed by atoms with E-state index in [2.05, 4.69) is 20.6 Å². The second-order valence-corrected chi connectivity index (χ2v) is 4.01. The van der Waals surface area contributed by atoms with Crippen LogP contribution in [0, 0.1) is 10.1 Å². The molecule has 0 saturated carbocycles. The van der Waals surface area contributed by atoms with Crippen molar-refractivity contribution >= 4 is 23.3 Å². The molecule has 2 aromatic rings. The summed E-state index contributed by atoms with van der Waals surface area (Å²) < 4.78 is 1.57. The molecule has 10 heteroatoms. The van der Waals surface area contributed by atoms with Gasteiger partial charge >= 0.3 is 5.82 Å². The van der Waals surface area contributed by atoms with Crippen molar-refractivity contribution in [2.24, 2.45) is 0 Å². The number of H-pyrrole nitrogens is 1. The molecule has 9 nitrogen and oxygen atoms in total. The molecular weight excluding hydrogens is 276 g/mol. The van der Waals surface area contributed by atoms with Gasteiger partial charge in [-0.15, -0.1) is 5.10 Å². The average Bonchev–Trinajstić information content (AvgIpc) is 2.98. The summed E-state index contributed by atoms with van der Waals surface area (Å²) in [4.78, 5) is 21.4. The fourth-order valence-corrected chi connectivity index (χ4v) is 1.51. The number of amides is 1. The smallest absolute Gasteiger partial charge is 0.343 e. The molecule has 2 rings (SSSR count). The minimum Gasteiger partial charge on any atom is -0.358 e. The first-order valence-electron chi connectivity index (χ1n) is 5.22. The van der Waals surface area contributed by atoms with Crippen LogP contribution in [-0.4, -0.2) is 37.4 Å². The Morgan fingerprint density at radius 1 is 1.63 bits per heavy atom. The second kappa shape index (κ2) is 5.48. The van der Waals surface area contributed by atoms with E-state index in [4.69, 9.17) is 11.6 Å². The Morgan fingerprint density at radius 3 is 3.00 bits per heavy atom. The number of rotatable bonds is 5. The van der Waals surface area contributed by atoms with Crippen LogP contribution < -0.4 is 5.32 Å². The predicted octanol–water partition coefficient (Wildman–Crippen LogP) is 0.598. The van der Waals surface area contributed by atoms with Crippen molar-refractivity contribution in [2.75, 3.05) is 6.54 Å². The Bertz CT molecular complexity index is 607. The van der Waals surface area contributed by atoms with Gasteiger partial charge in [-0.3, -0.25) is 9.48 Å². The largest absolute Gasteiger partial charge is 0.358 e. The number of nitrogens with one attached hydrogen (secondary N) is 2. The number of carbonyl (C=O) groups is 1. The summed E-state index contributed by atoms with van der Waals surface area (Å²) in [6.45, 7) is 0.739. The molecule has 0 aliphatic carbocycles. The van der Waals surface area contributed by atoms with E-state index in [1.165, 1.54) is 6.20 Å². The maximum Gasteiger partial charge on any atom is 0.343 e. The zero-order valence-corrected chi connectivity index (χ0v) is 10.3. The van der Waals surface area contributed by atoms with Gasteiger partial charge in [-0.1, -0.05) is 16.7 Å². The van der Waals surface area contributed by atoms with E-state index >= 15 is 0 Å². The first-order valence-corrected chi connectivity index (χ1v) is 5.60. The molecule has 2 aromatic heterocycles. The molecule has 0 atom stereocenters. The summed E-state index contributed by atoms with van der Waals surface area (Å²) in [5.74, 6) is -0.827. The van der Waals surface area contributed by atoms with Gasteiger partial charge in [-0.25, -0.2) is 0 Å². The number of halogens is 1. The maximum atomic E-state index is 11.6. The van der Waals surface area contributed by atoms with Crippen molar-refractivity contribution in [3.63, 3.8) is 0 Å². The monoisotopic (exact) mass is 284 g/mol. The molecule has 19 heavy (non-hydrogen) atoms. The maximum absolute atomic E-state index is 11.6. The van der Waals surface area contributed by atoms with Crippen LogP contribution in [0.4, 0.5) is 5.82 Å². The Morgan fingerprint density at radius 2 is 2.42 bits per heavy atom. The topological polar surface area (TPSA) is 119 Å². The van der Waals surface area contributed by atoms with Gasteiger partial charge in [0.05, 0.1) is 23.8 Å². The van der Waals surface area contributed by atoms with E-state index in [0.29, 0.717) is 18.1 Å². The van der Waals surface area contributed by atoms with Crippen LogP contribution >= 0.6 is 11.6 Å². The minimum absolute atomic E-state index is 0.0369. The fraction of sp³-hybridized carbons (Fsp3) is 0.222. The van der Waals surface area contributed by atoms with E-state index in [-0.39, 0.29) is 11.5 Å². The van der Waals surface area contributed by atoms with E-state index in [0.717, 1.165) is 6.07 Å². The number of hydrogen-bond acceptors (Lipinski definition) is 5. The lowest BCUT2D eigenvalue weighted by molar-refractivity contribution is -0.389. The SMILES string of the molecule is O=C(NCCn1cc(Cl)cn1)c1cc([N+](=O)[O-])[nH]n1. The molecule has 0 radical (unpaired) electrons. The standard InChI is InChI=1S/C9H9ClN6O3/c10-6-4-12-15(5-6)2-1-11-9(17)7-3-8(14-13-7)16(18)19/h3-5H,1-2H2,(H,11,17)(H,13,14). The van der Waals surface area contributed by atoms with Crippen molar-refractivity contribution in [1.29, 1.82) is 0 Å². The molecule has 0 unspecified atom stereocenters. The first-order chi connectivity index (χ1) is 9.06. The number of hydrogen-bond donors (Lipinski definition) is 2. The summed E-state index contributed by atoms with van der Waals surface area (Å²) in [6.07, 6.45) is 3.10. The zero-order valence-electron chi connectivity index (χ0n) is 9.54. The summed E-state index contributed by atoms with van der Waals surface area (Å²) >= 11 is 5.68. The molecule has 2 heterocycles. The van der Waals surface area contributed by atoms with Crippen LogP contribution in [-0.2, 0) is 6.54 Å². The molecule has 0 aliphatic heterocycles. The zero-order chi connectivity index (χ0) is 13.8. The third-order valence-electron chi connectivity index (χ3n) is 2.22. The number of nitro groups is 1. The van der Waals surface area contributed by atoms with Crippen LogP contribution in [0.5, 0.6) is 0 Å². The van der Waals surface area contributed by atoms with Crippen LogP contribution in [0.25, 0.3) is 0 Å². The molecule has 2 N–H and O–H groups in total. The highest BCUT2D eigenvalue weighted by molar-refractivity contribution is 6.30. The quantitative estimate of drug-likeness (QED) is 0.615. The van der Waals surface area contributed by atoms with E-state index in [1.54, 1.807) is 10.9 Å². The van der Waals surface area contributed by atoms with Gasteiger partial charge in [0, 0.05) is 12.7 Å². The Hall–Kier alpha value is -2.42.